The van der Waals surface area contributed by atoms with Gasteiger partial charge in [-0.2, -0.15) is 0 Å². The first-order valence-electron chi connectivity index (χ1n) is 26.7. The smallest absolute Gasteiger partial charge is 0.305 e. The van der Waals surface area contributed by atoms with Crippen molar-refractivity contribution < 1.29 is 49.3 Å². The highest BCUT2D eigenvalue weighted by Gasteiger charge is 2.44. The Morgan fingerprint density at radius 3 is 1.69 bits per heavy atom. The molecular formula is C56H97NO10. The number of ether oxygens (including phenoxy) is 3. The van der Waals surface area contributed by atoms with Crippen LogP contribution in [0.5, 0.6) is 0 Å². The van der Waals surface area contributed by atoms with Gasteiger partial charge in [0.25, 0.3) is 0 Å². The number of hydrogen-bond acceptors (Lipinski definition) is 10. The molecule has 1 heterocycles. The Hall–Kier alpha value is -2.90. The summed E-state index contributed by atoms with van der Waals surface area (Å²) in [5.74, 6) is -0.329. The predicted octanol–water partition coefficient (Wildman–Crippen LogP) is 11.3. The molecule has 7 atom stereocenters. The molecule has 7 unspecified atom stereocenters. The highest BCUT2D eigenvalue weighted by molar-refractivity contribution is 5.76. The minimum absolute atomic E-state index is 0.0462. The van der Waals surface area contributed by atoms with Crippen LogP contribution in [0.2, 0.25) is 0 Å². The monoisotopic (exact) mass is 944 g/mol. The molecule has 0 spiro atoms. The zero-order valence-corrected chi connectivity index (χ0v) is 42.1. The molecule has 386 valence electrons. The van der Waals surface area contributed by atoms with Gasteiger partial charge in [0, 0.05) is 12.8 Å². The third kappa shape index (κ3) is 35.8. The third-order valence-corrected chi connectivity index (χ3v) is 12.1. The maximum atomic E-state index is 12.9. The molecule has 0 saturated carbocycles. The van der Waals surface area contributed by atoms with Crippen LogP contribution < -0.4 is 5.32 Å². The lowest BCUT2D eigenvalue weighted by molar-refractivity contribution is -0.302. The van der Waals surface area contributed by atoms with Gasteiger partial charge >= 0.3 is 5.97 Å². The molecular weight excluding hydrogens is 847 g/mol. The van der Waals surface area contributed by atoms with Crippen LogP contribution in [-0.2, 0) is 23.8 Å². The largest absolute Gasteiger partial charge is 0.466 e. The molecule has 1 saturated heterocycles. The molecule has 1 aliphatic rings. The Labute approximate surface area is 407 Å². The van der Waals surface area contributed by atoms with Crippen molar-refractivity contribution in [1.29, 1.82) is 0 Å². The molecule has 11 heteroatoms. The molecule has 1 rings (SSSR count). The van der Waals surface area contributed by atoms with Gasteiger partial charge in [-0.1, -0.05) is 170 Å². The van der Waals surface area contributed by atoms with Crippen molar-refractivity contribution in [2.24, 2.45) is 0 Å². The summed E-state index contributed by atoms with van der Waals surface area (Å²) in [7, 11) is 0. The summed E-state index contributed by atoms with van der Waals surface area (Å²) < 4.78 is 16.6. The summed E-state index contributed by atoms with van der Waals surface area (Å²) in [6, 6.07) is -0.879. The first-order valence-corrected chi connectivity index (χ1v) is 26.7. The topological polar surface area (TPSA) is 175 Å². The zero-order chi connectivity index (χ0) is 48.8. The molecule has 1 aliphatic heterocycles. The van der Waals surface area contributed by atoms with E-state index in [-0.39, 0.29) is 24.9 Å². The Morgan fingerprint density at radius 1 is 0.582 bits per heavy atom. The highest BCUT2D eigenvalue weighted by atomic mass is 16.7. The van der Waals surface area contributed by atoms with Gasteiger partial charge < -0.3 is 45.1 Å². The molecule has 0 aromatic heterocycles. The van der Waals surface area contributed by atoms with E-state index in [4.69, 9.17) is 14.2 Å². The fourth-order valence-corrected chi connectivity index (χ4v) is 7.81. The van der Waals surface area contributed by atoms with Crippen LogP contribution in [-0.4, -0.2) is 100 Å². The van der Waals surface area contributed by atoms with Crippen LogP contribution in [0.4, 0.5) is 0 Å². The Kier molecular flexibility index (Phi) is 42.2. The molecule has 6 N–H and O–H groups in total. The van der Waals surface area contributed by atoms with Gasteiger partial charge in [0.2, 0.25) is 5.91 Å². The van der Waals surface area contributed by atoms with Crippen LogP contribution in [0.1, 0.15) is 206 Å². The van der Waals surface area contributed by atoms with Gasteiger partial charge in [-0.05, 0) is 96.8 Å². The average molecular weight is 944 g/mol. The molecule has 0 radical (unpaired) electrons. The second-order valence-electron chi connectivity index (χ2n) is 18.2. The second-order valence-corrected chi connectivity index (χ2v) is 18.2. The SMILES string of the molecule is C/C=C/CC/C=C/CC/C=C/C(O)C(COC1OC(CO)C(O)C(O)C1O)NC(=O)CC/C=C\C/C=C\CCCCCCCCOC(=O)CCCCCCCCC/C=C\CCCCCCCC. The predicted molar refractivity (Wildman–Crippen MR) is 273 cm³/mol. The molecule has 0 aliphatic carbocycles. The van der Waals surface area contributed by atoms with Crippen LogP contribution in [0.15, 0.2) is 72.9 Å². The third-order valence-electron chi connectivity index (χ3n) is 12.1. The van der Waals surface area contributed by atoms with Crippen molar-refractivity contribution in [3.05, 3.63) is 72.9 Å². The number of carbonyl (C=O) groups excluding carboxylic acids is 2. The van der Waals surface area contributed by atoms with E-state index in [1.807, 2.05) is 31.2 Å². The summed E-state index contributed by atoms with van der Waals surface area (Å²) in [4.78, 5) is 25.0. The van der Waals surface area contributed by atoms with Crippen LogP contribution in [0.3, 0.4) is 0 Å². The normalized spacial score (nSPS) is 20.1. The van der Waals surface area contributed by atoms with Gasteiger partial charge in [0.1, 0.15) is 24.4 Å². The Morgan fingerprint density at radius 2 is 1.09 bits per heavy atom. The fraction of sp³-hybridized carbons (Fsp3) is 0.750. The lowest BCUT2D eigenvalue weighted by atomic mass is 9.99. The maximum absolute atomic E-state index is 12.9. The summed E-state index contributed by atoms with van der Waals surface area (Å²) in [6.07, 6.45) is 48.9. The van der Waals surface area contributed by atoms with E-state index in [1.54, 1.807) is 6.08 Å². The van der Waals surface area contributed by atoms with Crippen molar-refractivity contribution in [2.45, 2.75) is 249 Å². The molecule has 0 aromatic carbocycles. The zero-order valence-electron chi connectivity index (χ0n) is 42.1. The van der Waals surface area contributed by atoms with Crippen molar-refractivity contribution in [3.8, 4) is 0 Å². The number of esters is 1. The van der Waals surface area contributed by atoms with E-state index >= 15 is 0 Å². The first-order chi connectivity index (χ1) is 32.7. The Bertz CT molecular complexity index is 1340. The number of amides is 1. The average Bonchev–Trinajstić information content (AvgIpc) is 3.32. The van der Waals surface area contributed by atoms with Gasteiger partial charge in [-0.3, -0.25) is 9.59 Å². The lowest BCUT2D eigenvalue weighted by Crippen LogP contribution is -2.60. The van der Waals surface area contributed by atoms with Crippen molar-refractivity contribution in [2.75, 3.05) is 19.8 Å². The van der Waals surface area contributed by atoms with Gasteiger partial charge in [-0.25, -0.2) is 0 Å². The Balaban J connectivity index is 2.15. The van der Waals surface area contributed by atoms with Gasteiger partial charge in [0.05, 0.1) is 32.0 Å². The molecule has 1 fully saturated rings. The van der Waals surface area contributed by atoms with E-state index in [0.717, 1.165) is 70.6 Å². The number of carbonyl (C=O) groups is 2. The standard InChI is InChI=1S/C56H97NO10/c1-3-5-7-9-11-13-14-15-16-17-18-21-24-28-32-36-40-44-52(61)65-45-41-37-33-29-25-22-19-20-23-27-31-35-39-43-51(60)57-48(49(59)42-38-34-30-26-12-10-8-6-4-2)47-66-56-55(64)54(63)53(62)50(46-58)67-56/h4,6,12,15-16,20,23,26,31,35,38,42,48-50,53-56,58-59,62-64H,3,5,7-11,13-14,17-19,21-22,24-25,27-30,32-34,36-37,39-41,43-47H2,1-2H3,(H,57,60)/b6-4+,16-15-,23-20-,26-12+,35-31-,42-38+. The maximum Gasteiger partial charge on any atom is 0.305 e. The van der Waals surface area contributed by atoms with Crippen molar-refractivity contribution >= 4 is 11.9 Å². The number of rotatable bonds is 44. The van der Waals surface area contributed by atoms with E-state index < -0.39 is 49.5 Å². The van der Waals surface area contributed by atoms with Gasteiger partial charge in [-0.15, -0.1) is 0 Å². The van der Waals surface area contributed by atoms with Crippen LogP contribution >= 0.6 is 0 Å². The molecule has 11 nitrogen and oxygen atoms in total. The number of hydrogen-bond donors (Lipinski definition) is 6. The molecule has 0 aromatic rings. The summed E-state index contributed by atoms with van der Waals surface area (Å²) >= 11 is 0. The number of nitrogens with one attached hydrogen (secondary N) is 1. The summed E-state index contributed by atoms with van der Waals surface area (Å²) in [5.41, 5.74) is 0. The summed E-state index contributed by atoms with van der Waals surface area (Å²) in [6.45, 7) is 3.96. The summed E-state index contributed by atoms with van der Waals surface area (Å²) in [5, 5.41) is 53.9. The highest BCUT2D eigenvalue weighted by Crippen LogP contribution is 2.22. The van der Waals surface area contributed by atoms with E-state index in [2.05, 4.69) is 54.8 Å². The molecule has 1 amide bonds. The minimum Gasteiger partial charge on any atom is -0.466 e. The number of allylic oxidation sites excluding steroid dienone is 11. The number of aliphatic hydroxyl groups is 5. The van der Waals surface area contributed by atoms with Crippen LogP contribution in [0, 0.1) is 0 Å². The van der Waals surface area contributed by atoms with Crippen LogP contribution in [0.25, 0.3) is 0 Å². The molecule has 67 heavy (non-hydrogen) atoms. The van der Waals surface area contributed by atoms with Gasteiger partial charge in [0.15, 0.2) is 6.29 Å². The van der Waals surface area contributed by atoms with E-state index in [9.17, 15) is 35.1 Å². The van der Waals surface area contributed by atoms with E-state index in [1.165, 1.54) is 96.3 Å². The molecule has 0 bridgehead atoms. The number of aliphatic hydroxyl groups excluding tert-OH is 5. The second kappa shape index (κ2) is 45.5. The fourth-order valence-electron chi connectivity index (χ4n) is 7.81. The minimum atomic E-state index is -1.60. The van der Waals surface area contributed by atoms with E-state index in [0.29, 0.717) is 25.9 Å². The van der Waals surface area contributed by atoms with Crippen molar-refractivity contribution in [1.82, 2.24) is 5.32 Å². The first kappa shape index (κ1) is 62.1. The van der Waals surface area contributed by atoms with Crippen molar-refractivity contribution in [3.63, 3.8) is 0 Å². The quantitative estimate of drug-likeness (QED) is 0.0196. The number of unbranched alkanes of at least 4 members (excludes halogenated alkanes) is 21. The lowest BCUT2D eigenvalue weighted by Gasteiger charge is -2.40.